The maximum absolute atomic E-state index is 13.5. The normalized spacial score (nSPS) is 11.1. The first-order valence-electron chi connectivity index (χ1n) is 9.42. The fourth-order valence-corrected chi connectivity index (χ4v) is 4.02. The van der Waals surface area contributed by atoms with Gasteiger partial charge in [0.25, 0.3) is 15.9 Å². The number of aromatic nitrogens is 2. The van der Waals surface area contributed by atoms with Gasteiger partial charge >= 0.3 is 5.97 Å². The molecule has 11 heteroatoms. The first-order chi connectivity index (χ1) is 15.1. The summed E-state index contributed by atoms with van der Waals surface area (Å²) in [5.74, 6) is -1.57. The first kappa shape index (κ1) is 22.9. The molecule has 0 saturated carbocycles. The average molecular weight is 460 g/mol. The van der Waals surface area contributed by atoms with Gasteiger partial charge in [0.05, 0.1) is 21.8 Å². The molecule has 0 spiro atoms. The van der Waals surface area contributed by atoms with Crippen molar-refractivity contribution in [2.45, 2.75) is 18.7 Å². The van der Waals surface area contributed by atoms with Crippen LogP contribution in [0.15, 0.2) is 53.4 Å². The molecule has 3 aromatic rings. The molecule has 0 aliphatic rings. The number of para-hydroxylation sites is 1. The van der Waals surface area contributed by atoms with Gasteiger partial charge in [-0.2, -0.15) is 5.10 Å². The molecule has 168 valence electrons. The third-order valence-corrected chi connectivity index (χ3v) is 5.80. The molecule has 2 aromatic carbocycles. The summed E-state index contributed by atoms with van der Waals surface area (Å²) in [7, 11) is -2.44. The molecule has 32 heavy (non-hydrogen) atoms. The van der Waals surface area contributed by atoms with Gasteiger partial charge in [-0.25, -0.2) is 17.6 Å². The van der Waals surface area contributed by atoms with Gasteiger partial charge in [-0.3, -0.25) is 14.2 Å². The number of benzene rings is 2. The van der Waals surface area contributed by atoms with Crippen LogP contribution in [-0.2, 0) is 26.6 Å². The van der Waals surface area contributed by atoms with Crippen LogP contribution in [0.4, 0.5) is 15.9 Å². The third-order valence-electron chi connectivity index (χ3n) is 4.43. The molecule has 9 nitrogen and oxygen atoms in total. The quantitative estimate of drug-likeness (QED) is 0.523. The van der Waals surface area contributed by atoms with E-state index in [4.69, 9.17) is 4.74 Å². The zero-order valence-electron chi connectivity index (χ0n) is 17.5. The predicted octanol–water partition coefficient (Wildman–Crippen LogP) is 2.77. The highest BCUT2D eigenvalue weighted by molar-refractivity contribution is 7.92. The summed E-state index contributed by atoms with van der Waals surface area (Å²) >= 11 is 0. The van der Waals surface area contributed by atoms with Crippen LogP contribution >= 0.6 is 0 Å². The van der Waals surface area contributed by atoms with Crippen molar-refractivity contribution in [2.75, 3.05) is 16.6 Å². The first-order valence-corrected chi connectivity index (χ1v) is 10.9. The second kappa shape index (κ2) is 9.18. The molecule has 0 aliphatic carbocycles. The molecule has 2 N–H and O–H groups in total. The molecule has 0 aliphatic heterocycles. The van der Waals surface area contributed by atoms with Crippen LogP contribution < -0.4 is 10.0 Å². The van der Waals surface area contributed by atoms with Gasteiger partial charge < -0.3 is 10.1 Å². The Morgan fingerprint density at radius 1 is 1.12 bits per heavy atom. The van der Waals surface area contributed by atoms with Gasteiger partial charge in [0.2, 0.25) is 0 Å². The number of halogens is 1. The number of hydrogen-bond donors (Lipinski definition) is 2. The number of carbonyl (C=O) groups excluding carboxylic acids is 2. The van der Waals surface area contributed by atoms with Crippen LogP contribution in [0.25, 0.3) is 0 Å². The van der Waals surface area contributed by atoms with Crippen molar-refractivity contribution in [3.63, 3.8) is 0 Å². The Bertz CT molecular complexity index is 1290. The monoisotopic (exact) mass is 460 g/mol. The van der Waals surface area contributed by atoms with E-state index in [1.165, 1.54) is 41.9 Å². The number of nitrogens with zero attached hydrogens (tertiary/aromatic N) is 2. The number of anilines is 2. The minimum Gasteiger partial charge on any atom is -0.452 e. The summed E-state index contributed by atoms with van der Waals surface area (Å²) in [6, 6.07) is 10.8. The van der Waals surface area contributed by atoms with Crippen molar-refractivity contribution in [3.05, 3.63) is 71.2 Å². The van der Waals surface area contributed by atoms with Gasteiger partial charge in [-0.1, -0.05) is 12.1 Å². The molecular weight excluding hydrogens is 439 g/mol. The van der Waals surface area contributed by atoms with E-state index in [1.54, 1.807) is 20.0 Å². The zero-order valence-corrected chi connectivity index (χ0v) is 18.4. The van der Waals surface area contributed by atoms with E-state index in [0.717, 1.165) is 12.1 Å². The van der Waals surface area contributed by atoms with Crippen molar-refractivity contribution in [2.24, 2.45) is 7.05 Å². The standard InChI is InChI=1S/C21H21FN4O5S/c1-13-10-15(8-9-17(13)22)32(29,30)25-18-7-5-4-6-16(18)21(28)31-12-20(27)23-19-11-14(2)24-26(19)3/h4-11,25H,12H2,1-3H3,(H,23,27). The highest BCUT2D eigenvalue weighted by Crippen LogP contribution is 2.22. The number of esters is 1. The summed E-state index contributed by atoms with van der Waals surface area (Å²) in [5, 5.41) is 6.66. The van der Waals surface area contributed by atoms with Gasteiger partial charge in [0.15, 0.2) is 6.61 Å². The van der Waals surface area contributed by atoms with Crippen LogP contribution in [-0.4, -0.2) is 36.7 Å². The number of aryl methyl sites for hydroxylation is 3. The Kier molecular flexibility index (Phi) is 6.58. The largest absolute Gasteiger partial charge is 0.452 e. The number of hydrogen-bond acceptors (Lipinski definition) is 6. The Balaban J connectivity index is 1.71. The fourth-order valence-electron chi connectivity index (χ4n) is 2.85. The fraction of sp³-hybridized carbons (Fsp3) is 0.190. The summed E-state index contributed by atoms with van der Waals surface area (Å²) in [4.78, 5) is 24.4. The van der Waals surface area contributed by atoms with Crippen molar-refractivity contribution in [1.82, 2.24) is 9.78 Å². The van der Waals surface area contributed by atoms with E-state index in [0.29, 0.717) is 11.5 Å². The van der Waals surface area contributed by atoms with E-state index < -0.39 is 34.3 Å². The zero-order chi connectivity index (χ0) is 23.5. The number of ether oxygens (including phenoxy) is 1. The molecule has 1 heterocycles. The lowest BCUT2D eigenvalue weighted by molar-refractivity contribution is -0.119. The minimum absolute atomic E-state index is 0.0397. The van der Waals surface area contributed by atoms with E-state index in [2.05, 4.69) is 15.1 Å². The van der Waals surface area contributed by atoms with E-state index in [1.807, 2.05) is 0 Å². The third kappa shape index (κ3) is 5.30. The van der Waals surface area contributed by atoms with Gasteiger partial charge in [-0.05, 0) is 49.7 Å². The maximum Gasteiger partial charge on any atom is 0.340 e. The van der Waals surface area contributed by atoms with Crippen LogP contribution in [0.3, 0.4) is 0 Å². The molecular formula is C21H21FN4O5S. The van der Waals surface area contributed by atoms with Crippen molar-refractivity contribution in [1.29, 1.82) is 0 Å². The highest BCUT2D eigenvalue weighted by atomic mass is 32.2. The highest BCUT2D eigenvalue weighted by Gasteiger charge is 2.21. The predicted molar refractivity (Wildman–Crippen MR) is 115 cm³/mol. The number of amides is 1. The number of rotatable bonds is 7. The molecule has 0 radical (unpaired) electrons. The summed E-state index contributed by atoms with van der Waals surface area (Å²) in [6.45, 7) is 2.62. The molecule has 0 atom stereocenters. The Hall–Kier alpha value is -3.73. The molecule has 0 fully saturated rings. The molecule has 0 unspecified atom stereocenters. The van der Waals surface area contributed by atoms with Crippen LogP contribution in [0.1, 0.15) is 21.6 Å². The van der Waals surface area contributed by atoms with Crippen LogP contribution in [0, 0.1) is 19.7 Å². The Labute approximate surface area is 184 Å². The lowest BCUT2D eigenvalue weighted by Gasteiger charge is -2.13. The molecule has 0 saturated heterocycles. The smallest absolute Gasteiger partial charge is 0.340 e. The van der Waals surface area contributed by atoms with E-state index >= 15 is 0 Å². The van der Waals surface area contributed by atoms with Crippen molar-refractivity contribution < 1.29 is 27.1 Å². The average Bonchev–Trinajstić information content (AvgIpc) is 3.04. The number of nitrogens with one attached hydrogen (secondary N) is 2. The maximum atomic E-state index is 13.5. The second-order valence-corrected chi connectivity index (χ2v) is 8.66. The van der Waals surface area contributed by atoms with E-state index in [-0.39, 0.29) is 21.7 Å². The SMILES string of the molecule is Cc1cc(NC(=O)COC(=O)c2ccccc2NS(=O)(=O)c2ccc(F)c(C)c2)n(C)n1. The second-order valence-electron chi connectivity index (χ2n) is 6.98. The van der Waals surface area contributed by atoms with Crippen LogP contribution in [0.5, 0.6) is 0 Å². The van der Waals surface area contributed by atoms with Gasteiger partial charge in [-0.15, -0.1) is 0 Å². The molecule has 0 bridgehead atoms. The molecule has 1 aromatic heterocycles. The molecule has 1 amide bonds. The van der Waals surface area contributed by atoms with E-state index in [9.17, 15) is 22.4 Å². The lowest BCUT2D eigenvalue weighted by atomic mass is 10.2. The number of sulfonamides is 1. The summed E-state index contributed by atoms with van der Waals surface area (Å²) < 4.78 is 47.7. The Morgan fingerprint density at radius 2 is 1.84 bits per heavy atom. The topological polar surface area (TPSA) is 119 Å². The van der Waals surface area contributed by atoms with Crippen molar-refractivity contribution in [3.8, 4) is 0 Å². The molecule has 3 rings (SSSR count). The van der Waals surface area contributed by atoms with Gasteiger partial charge in [0, 0.05) is 13.1 Å². The summed E-state index contributed by atoms with van der Waals surface area (Å²) in [6.07, 6.45) is 0. The Morgan fingerprint density at radius 3 is 2.50 bits per heavy atom. The minimum atomic E-state index is -4.10. The van der Waals surface area contributed by atoms with Crippen molar-refractivity contribution >= 4 is 33.4 Å². The van der Waals surface area contributed by atoms with Gasteiger partial charge in [0.1, 0.15) is 11.6 Å². The number of carbonyl (C=O) groups is 2. The summed E-state index contributed by atoms with van der Waals surface area (Å²) in [5.41, 5.74) is 0.744. The van der Waals surface area contributed by atoms with Crippen LogP contribution in [0.2, 0.25) is 0 Å². The lowest BCUT2D eigenvalue weighted by Crippen LogP contribution is -2.23.